The van der Waals surface area contributed by atoms with Crippen molar-refractivity contribution in [2.45, 2.75) is 39.0 Å². The van der Waals surface area contributed by atoms with Crippen molar-refractivity contribution in [1.82, 2.24) is 14.9 Å². The second kappa shape index (κ2) is 8.07. The van der Waals surface area contributed by atoms with Crippen LogP contribution in [0, 0.1) is 12.8 Å². The molecule has 1 aromatic heterocycles. The topological polar surface area (TPSA) is 49.3 Å². The Bertz CT molecular complexity index is 778. The number of nitrogens with zero attached hydrogens (tertiary/aromatic N) is 4. The number of hydrogen-bond donors (Lipinski definition) is 0. The number of likely N-dealkylation sites (tertiary alicyclic amines) is 1. The molecule has 4 rings (SSSR count). The first-order chi connectivity index (χ1) is 13.2. The van der Waals surface area contributed by atoms with Crippen molar-refractivity contribution < 1.29 is 4.79 Å². The van der Waals surface area contributed by atoms with Crippen molar-refractivity contribution in [2.75, 3.05) is 31.1 Å². The monoisotopic (exact) mass is 364 g/mol. The molecule has 0 radical (unpaired) electrons. The minimum atomic E-state index is 0.0547. The fraction of sp³-hybridized carbons (Fsp3) is 0.500. The molecular weight excluding hydrogens is 336 g/mol. The molecule has 5 nitrogen and oxygen atoms in total. The van der Waals surface area contributed by atoms with E-state index in [0.29, 0.717) is 11.6 Å². The Labute approximate surface area is 161 Å². The van der Waals surface area contributed by atoms with Crippen LogP contribution in [-0.2, 0) is 6.42 Å². The summed E-state index contributed by atoms with van der Waals surface area (Å²) in [5.74, 6) is 1.43. The van der Waals surface area contributed by atoms with Gasteiger partial charge in [0.25, 0.3) is 5.91 Å². The van der Waals surface area contributed by atoms with E-state index in [1.165, 1.54) is 18.4 Å². The first-order valence-electron chi connectivity index (χ1n) is 10.1. The summed E-state index contributed by atoms with van der Waals surface area (Å²) in [5.41, 5.74) is 2.81. The van der Waals surface area contributed by atoms with E-state index in [1.54, 1.807) is 0 Å². The molecule has 27 heavy (non-hydrogen) atoms. The van der Waals surface area contributed by atoms with Crippen LogP contribution in [0.15, 0.2) is 36.4 Å². The van der Waals surface area contributed by atoms with Crippen LogP contribution in [0.5, 0.6) is 0 Å². The van der Waals surface area contributed by atoms with Gasteiger partial charge in [-0.15, -0.1) is 0 Å². The molecule has 142 valence electrons. The molecule has 2 fully saturated rings. The fourth-order valence-electron chi connectivity index (χ4n) is 4.17. The third kappa shape index (κ3) is 4.29. The predicted molar refractivity (Wildman–Crippen MR) is 107 cm³/mol. The summed E-state index contributed by atoms with van der Waals surface area (Å²) in [6.07, 6.45) is 5.58. The lowest BCUT2D eigenvalue weighted by atomic mass is 9.90. The Hall–Kier alpha value is -2.43. The number of carbonyl (C=O) groups is 1. The van der Waals surface area contributed by atoms with Crippen LogP contribution in [0.4, 0.5) is 5.95 Å². The van der Waals surface area contributed by atoms with Gasteiger partial charge in [-0.05, 0) is 56.6 Å². The number of hydrogen-bond acceptors (Lipinski definition) is 4. The van der Waals surface area contributed by atoms with Gasteiger partial charge >= 0.3 is 0 Å². The van der Waals surface area contributed by atoms with Gasteiger partial charge in [-0.25, -0.2) is 9.97 Å². The SMILES string of the molecule is Cc1cc(C(=O)N2CCC(Cc3ccccc3)CC2)nc(N2CCCC2)n1. The molecule has 1 aromatic carbocycles. The van der Waals surface area contributed by atoms with Crippen LogP contribution in [0.3, 0.4) is 0 Å². The van der Waals surface area contributed by atoms with Gasteiger partial charge < -0.3 is 9.80 Å². The molecule has 0 unspecified atom stereocenters. The van der Waals surface area contributed by atoms with Gasteiger partial charge in [-0.1, -0.05) is 30.3 Å². The largest absolute Gasteiger partial charge is 0.341 e. The van der Waals surface area contributed by atoms with Gasteiger partial charge in [0.1, 0.15) is 5.69 Å². The van der Waals surface area contributed by atoms with Gasteiger partial charge in [-0.2, -0.15) is 0 Å². The molecule has 2 aliphatic heterocycles. The molecule has 5 heteroatoms. The Morgan fingerprint density at radius 2 is 1.74 bits per heavy atom. The summed E-state index contributed by atoms with van der Waals surface area (Å²) in [7, 11) is 0. The zero-order chi connectivity index (χ0) is 18.6. The summed E-state index contributed by atoms with van der Waals surface area (Å²) in [5, 5.41) is 0. The van der Waals surface area contributed by atoms with E-state index in [4.69, 9.17) is 0 Å². The zero-order valence-electron chi connectivity index (χ0n) is 16.1. The van der Waals surface area contributed by atoms with E-state index >= 15 is 0 Å². The van der Waals surface area contributed by atoms with Gasteiger partial charge in [-0.3, -0.25) is 4.79 Å². The fourth-order valence-corrected chi connectivity index (χ4v) is 4.17. The lowest BCUT2D eigenvalue weighted by molar-refractivity contribution is 0.0684. The summed E-state index contributed by atoms with van der Waals surface area (Å²) < 4.78 is 0. The maximum Gasteiger partial charge on any atom is 0.272 e. The second-order valence-corrected chi connectivity index (χ2v) is 7.81. The minimum absolute atomic E-state index is 0.0547. The average Bonchev–Trinajstić information content (AvgIpc) is 3.23. The third-order valence-corrected chi connectivity index (χ3v) is 5.72. The Balaban J connectivity index is 1.39. The van der Waals surface area contributed by atoms with E-state index in [9.17, 15) is 4.79 Å². The molecule has 3 heterocycles. The number of aromatic nitrogens is 2. The molecule has 1 amide bonds. The predicted octanol–water partition coefficient (Wildman–Crippen LogP) is 3.48. The molecule has 0 spiro atoms. The number of aryl methyl sites for hydroxylation is 1. The van der Waals surface area contributed by atoms with Crippen LogP contribution in [-0.4, -0.2) is 47.0 Å². The van der Waals surface area contributed by atoms with Gasteiger partial charge in [0.05, 0.1) is 0 Å². The van der Waals surface area contributed by atoms with Crippen LogP contribution in [0.1, 0.15) is 47.4 Å². The van der Waals surface area contributed by atoms with E-state index in [2.05, 4.69) is 45.2 Å². The third-order valence-electron chi connectivity index (χ3n) is 5.72. The smallest absolute Gasteiger partial charge is 0.272 e. The molecule has 0 N–H and O–H groups in total. The van der Waals surface area contributed by atoms with Gasteiger partial charge in [0, 0.05) is 31.9 Å². The molecular formula is C22H28N4O. The number of piperidine rings is 1. The summed E-state index contributed by atoms with van der Waals surface area (Å²) >= 11 is 0. The van der Waals surface area contributed by atoms with Crippen molar-refractivity contribution in [2.24, 2.45) is 5.92 Å². The molecule has 0 bridgehead atoms. The Kier molecular flexibility index (Phi) is 5.37. The lowest BCUT2D eigenvalue weighted by Crippen LogP contribution is -2.39. The van der Waals surface area contributed by atoms with E-state index < -0.39 is 0 Å². The average molecular weight is 364 g/mol. The number of benzene rings is 1. The lowest BCUT2D eigenvalue weighted by Gasteiger charge is -2.32. The van der Waals surface area contributed by atoms with Crippen LogP contribution in [0.25, 0.3) is 0 Å². The van der Waals surface area contributed by atoms with Gasteiger partial charge in [0.15, 0.2) is 0 Å². The minimum Gasteiger partial charge on any atom is -0.341 e. The number of anilines is 1. The Morgan fingerprint density at radius 3 is 2.44 bits per heavy atom. The van der Waals surface area contributed by atoms with Crippen molar-refractivity contribution in [3.63, 3.8) is 0 Å². The van der Waals surface area contributed by atoms with E-state index in [0.717, 1.165) is 57.1 Å². The molecule has 2 saturated heterocycles. The van der Waals surface area contributed by atoms with Crippen LogP contribution >= 0.6 is 0 Å². The molecule has 0 saturated carbocycles. The standard InChI is InChI=1S/C22H28N4O/c1-17-15-20(24-22(23-17)26-11-5-6-12-26)21(27)25-13-9-19(10-14-25)16-18-7-3-2-4-8-18/h2-4,7-8,15,19H,5-6,9-14,16H2,1H3. The van der Waals surface area contributed by atoms with E-state index in [1.807, 2.05) is 17.9 Å². The first-order valence-corrected chi connectivity index (χ1v) is 10.1. The second-order valence-electron chi connectivity index (χ2n) is 7.81. The number of carbonyl (C=O) groups excluding carboxylic acids is 1. The maximum atomic E-state index is 13.0. The van der Waals surface area contributed by atoms with Crippen LogP contribution < -0.4 is 4.90 Å². The van der Waals surface area contributed by atoms with Crippen molar-refractivity contribution in [3.05, 3.63) is 53.3 Å². The summed E-state index contributed by atoms with van der Waals surface area (Å²) in [4.78, 5) is 26.3. The number of rotatable bonds is 4. The quantitative estimate of drug-likeness (QED) is 0.833. The highest BCUT2D eigenvalue weighted by Crippen LogP contribution is 2.23. The summed E-state index contributed by atoms with van der Waals surface area (Å²) in [6.45, 7) is 5.56. The highest BCUT2D eigenvalue weighted by Gasteiger charge is 2.26. The highest BCUT2D eigenvalue weighted by molar-refractivity contribution is 5.92. The molecule has 2 aromatic rings. The zero-order valence-corrected chi connectivity index (χ0v) is 16.1. The molecule has 0 atom stereocenters. The van der Waals surface area contributed by atoms with Crippen molar-refractivity contribution in [1.29, 1.82) is 0 Å². The van der Waals surface area contributed by atoms with Crippen molar-refractivity contribution >= 4 is 11.9 Å². The maximum absolute atomic E-state index is 13.0. The summed E-state index contributed by atoms with van der Waals surface area (Å²) in [6, 6.07) is 12.5. The highest BCUT2D eigenvalue weighted by atomic mass is 16.2. The van der Waals surface area contributed by atoms with Crippen LogP contribution in [0.2, 0.25) is 0 Å². The Morgan fingerprint density at radius 1 is 1.04 bits per heavy atom. The number of amides is 1. The normalized spacial score (nSPS) is 18.1. The molecule has 2 aliphatic rings. The van der Waals surface area contributed by atoms with Crippen molar-refractivity contribution in [3.8, 4) is 0 Å². The van der Waals surface area contributed by atoms with E-state index in [-0.39, 0.29) is 5.91 Å². The van der Waals surface area contributed by atoms with Gasteiger partial charge in [0.2, 0.25) is 5.95 Å². The molecule has 0 aliphatic carbocycles. The first kappa shape index (κ1) is 18.0.